The maximum Gasteiger partial charge on any atom is 0.393 e. The van der Waals surface area contributed by atoms with Crippen LogP contribution in [0.2, 0.25) is 0 Å². The summed E-state index contributed by atoms with van der Waals surface area (Å²) in [4.78, 5) is 12.3. The van der Waals surface area contributed by atoms with Crippen molar-refractivity contribution in [2.45, 2.75) is 26.1 Å². The van der Waals surface area contributed by atoms with Gasteiger partial charge in [-0.15, -0.1) is 12.4 Å². The molecule has 1 N–H and O–H groups in total. The first-order valence-corrected chi connectivity index (χ1v) is 4.77. The number of alkyl halides is 3. The first-order valence-electron chi connectivity index (χ1n) is 4.77. The van der Waals surface area contributed by atoms with Crippen LogP contribution < -0.4 is 0 Å². The zero-order valence-corrected chi connectivity index (χ0v) is 9.81. The van der Waals surface area contributed by atoms with E-state index in [2.05, 4.69) is 0 Å². The summed E-state index contributed by atoms with van der Waals surface area (Å²) in [5.41, 5.74) is 0. The summed E-state index contributed by atoms with van der Waals surface area (Å²) in [6, 6.07) is -0.0563. The van der Waals surface area contributed by atoms with E-state index in [4.69, 9.17) is 5.11 Å². The van der Waals surface area contributed by atoms with Crippen LogP contribution in [0.3, 0.4) is 0 Å². The monoisotopic (exact) mass is 261 g/mol. The molecule has 1 aliphatic heterocycles. The minimum Gasteiger partial charge on any atom is -0.481 e. The second-order valence-corrected chi connectivity index (χ2v) is 4.14. The lowest BCUT2D eigenvalue weighted by Gasteiger charge is -2.20. The van der Waals surface area contributed by atoms with Crippen molar-refractivity contribution in [1.29, 1.82) is 0 Å². The first-order chi connectivity index (χ1) is 6.73. The predicted molar refractivity (Wildman–Crippen MR) is 54.6 cm³/mol. The smallest absolute Gasteiger partial charge is 0.393 e. The fraction of sp³-hybridized carbons (Fsp3) is 0.889. The van der Waals surface area contributed by atoms with Crippen molar-refractivity contribution in [3.05, 3.63) is 0 Å². The van der Waals surface area contributed by atoms with Crippen molar-refractivity contribution in [2.24, 2.45) is 11.8 Å². The zero-order valence-electron chi connectivity index (χ0n) is 8.99. The normalized spacial score (nSPS) is 26.9. The van der Waals surface area contributed by atoms with Gasteiger partial charge in [-0.3, -0.25) is 9.69 Å². The van der Waals surface area contributed by atoms with Gasteiger partial charge in [0.15, 0.2) is 0 Å². The van der Waals surface area contributed by atoms with Crippen molar-refractivity contribution in [2.75, 3.05) is 13.1 Å². The van der Waals surface area contributed by atoms with Gasteiger partial charge in [0.25, 0.3) is 0 Å². The second-order valence-electron chi connectivity index (χ2n) is 4.14. The molecule has 0 aromatic heterocycles. The molecule has 0 aromatic rings. The summed E-state index contributed by atoms with van der Waals surface area (Å²) in [7, 11) is 0. The molecule has 0 amide bonds. The molecule has 0 aromatic carbocycles. The van der Waals surface area contributed by atoms with Gasteiger partial charge in [-0.2, -0.15) is 13.2 Å². The van der Waals surface area contributed by atoms with Gasteiger partial charge in [0.05, 0.1) is 11.8 Å². The van der Waals surface area contributed by atoms with Crippen LogP contribution >= 0.6 is 12.4 Å². The van der Waals surface area contributed by atoms with Crippen molar-refractivity contribution < 1.29 is 23.1 Å². The maximum atomic E-state index is 12.5. The van der Waals surface area contributed by atoms with Crippen LogP contribution in [-0.2, 0) is 4.79 Å². The Balaban J connectivity index is 0.00000225. The number of hydrogen-bond acceptors (Lipinski definition) is 2. The molecule has 1 rings (SSSR count). The number of halogens is 4. The molecular weight excluding hydrogens is 247 g/mol. The van der Waals surface area contributed by atoms with Crippen molar-refractivity contribution in [3.8, 4) is 0 Å². The standard InChI is InChI=1S/C9H14F3NO2.ClH/c1-5(2)13-3-6(8(14)15)7(4-13)9(10,11)12;/h5-7H,3-4H2,1-2H3,(H,14,15);1H/t6-,7-;/m1./s1. The third-order valence-corrected chi connectivity index (χ3v) is 2.82. The highest BCUT2D eigenvalue weighted by Gasteiger charge is 2.52. The summed E-state index contributed by atoms with van der Waals surface area (Å²) >= 11 is 0. The van der Waals surface area contributed by atoms with E-state index in [-0.39, 0.29) is 31.5 Å². The Morgan fingerprint density at radius 2 is 1.88 bits per heavy atom. The van der Waals surface area contributed by atoms with E-state index < -0.39 is 24.0 Å². The molecule has 7 heteroatoms. The number of carbonyl (C=O) groups is 1. The molecule has 1 saturated heterocycles. The molecule has 0 spiro atoms. The minimum atomic E-state index is -4.42. The number of likely N-dealkylation sites (tertiary alicyclic amines) is 1. The Hall–Kier alpha value is -0.490. The van der Waals surface area contributed by atoms with Crippen LogP contribution in [0.5, 0.6) is 0 Å². The number of rotatable bonds is 2. The van der Waals surface area contributed by atoms with E-state index in [1.165, 1.54) is 0 Å². The molecular formula is C9H15ClF3NO2. The highest BCUT2D eigenvalue weighted by molar-refractivity contribution is 5.85. The van der Waals surface area contributed by atoms with Crippen LogP contribution in [0.1, 0.15) is 13.8 Å². The summed E-state index contributed by atoms with van der Waals surface area (Å²) in [6.45, 7) is 3.30. The minimum absolute atomic E-state index is 0. The van der Waals surface area contributed by atoms with E-state index in [1.807, 2.05) is 0 Å². The SMILES string of the molecule is CC(C)N1C[C@@H](C(F)(F)F)[C@H](C(=O)O)C1.Cl. The van der Waals surface area contributed by atoms with Crippen LogP contribution in [-0.4, -0.2) is 41.3 Å². The zero-order chi connectivity index (χ0) is 11.8. The van der Waals surface area contributed by atoms with Gasteiger partial charge in [0.2, 0.25) is 0 Å². The molecule has 3 nitrogen and oxygen atoms in total. The average Bonchev–Trinajstić information content (AvgIpc) is 2.45. The van der Waals surface area contributed by atoms with Crippen LogP contribution in [0.15, 0.2) is 0 Å². The Labute approximate surface area is 98.0 Å². The van der Waals surface area contributed by atoms with E-state index >= 15 is 0 Å². The highest BCUT2D eigenvalue weighted by Crippen LogP contribution is 2.38. The van der Waals surface area contributed by atoms with Gasteiger partial charge in [-0.1, -0.05) is 0 Å². The van der Waals surface area contributed by atoms with Crippen LogP contribution in [0.4, 0.5) is 13.2 Å². The summed E-state index contributed by atoms with van der Waals surface area (Å²) < 4.78 is 37.6. The summed E-state index contributed by atoms with van der Waals surface area (Å²) in [6.07, 6.45) is -4.42. The third-order valence-electron chi connectivity index (χ3n) is 2.82. The molecule has 16 heavy (non-hydrogen) atoms. The van der Waals surface area contributed by atoms with Crippen molar-refractivity contribution in [1.82, 2.24) is 4.90 Å². The first kappa shape index (κ1) is 15.5. The van der Waals surface area contributed by atoms with Gasteiger partial charge in [0, 0.05) is 19.1 Å². The number of nitrogens with zero attached hydrogens (tertiary/aromatic N) is 1. The number of carboxylic acids is 1. The van der Waals surface area contributed by atoms with Gasteiger partial charge in [0.1, 0.15) is 0 Å². The lowest BCUT2D eigenvalue weighted by Crippen LogP contribution is -2.34. The summed E-state index contributed by atoms with van der Waals surface area (Å²) in [5, 5.41) is 8.72. The molecule has 0 unspecified atom stereocenters. The molecule has 1 aliphatic rings. The van der Waals surface area contributed by atoms with E-state index in [9.17, 15) is 18.0 Å². The Kier molecular flexibility index (Phi) is 5.07. The lowest BCUT2D eigenvalue weighted by atomic mass is 9.96. The van der Waals surface area contributed by atoms with Crippen LogP contribution in [0, 0.1) is 11.8 Å². The number of carboxylic acid groups (broad SMARTS) is 1. The molecule has 0 bridgehead atoms. The Bertz CT molecular complexity index is 258. The molecule has 2 atom stereocenters. The Morgan fingerprint density at radius 3 is 2.12 bits per heavy atom. The van der Waals surface area contributed by atoms with E-state index in [0.717, 1.165) is 0 Å². The quantitative estimate of drug-likeness (QED) is 0.827. The lowest BCUT2D eigenvalue weighted by molar-refractivity contribution is -0.188. The fourth-order valence-electron chi connectivity index (χ4n) is 1.84. The van der Waals surface area contributed by atoms with Crippen LogP contribution in [0.25, 0.3) is 0 Å². The largest absolute Gasteiger partial charge is 0.481 e. The predicted octanol–water partition coefficient (Wildman–Crippen LogP) is 2.01. The molecule has 0 aliphatic carbocycles. The Morgan fingerprint density at radius 1 is 1.38 bits per heavy atom. The van der Waals surface area contributed by atoms with Gasteiger partial charge < -0.3 is 5.11 Å². The molecule has 1 fully saturated rings. The number of aliphatic carboxylic acids is 1. The number of hydrogen-bond donors (Lipinski definition) is 1. The van der Waals surface area contributed by atoms with Gasteiger partial charge >= 0.3 is 12.1 Å². The van der Waals surface area contributed by atoms with Crippen molar-refractivity contribution >= 4 is 18.4 Å². The molecule has 1 heterocycles. The molecule has 0 saturated carbocycles. The van der Waals surface area contributed by atoms with E-state index in [1.54, 1.807) is 18.7 Å². The van der Waals surface area contributed by atoms with Gasteiger partial charge in [-0.05, 0) is 13.8 Å². The third kappa shape index (κ3) is 3.25. The molecule has 96 valence electrons. The summed E-state index contributed by atoms with van der Waals surface area (Å²) in [5.74, 6) is -4.43. The second kappa shape index (κ2) is 5.23. The van der Waals surface area contributed by atoms with E-state index in [0.29, 0.717) is 0 Å². The van der Waals surface area contributed by atoms with Crippen molar-refractivity contribution in [3.63, 3.8) is 0 Å². The fourth-order valence-corrected chi connectivity index (χ4v) is 1.84. The average molecular weight is 262 g/mol. The topological polar surface area (TPSA) is 40.5 Å². The maximum absolute atomic E-state index is 12.5. The highest BCUT2D eigenvalue weighted by atomic mass is 35.5. The van der Waals surface area contributed by atoms with Gasteiger partial charge in [-0.25, -0.2) is 0 Å². The molecule has 0 radical (unpaired) electrons.